The Labute approximate surface area is 200 Å². The fourth-order valence-electron chi connectivity index (χ4n) is 3.22. The van der Waals surface area contributed by atoms with Gasteiger partial charge in [0.25, 0.3) is 5.91 Å². The van der Waals surface area contributed by atoms with Crippen LogP contribution in [0.1, 0.15) is 35.7 Å². The van der Waals surface area contributed by atoms with Crippen LogP contribution in [0.5, 0.6) is 0 Å². The van der Waals surface area contributed by atoms with Crippen molar-refractivity contribution < 1.29 is 4.79 Å². The smallest absolute Gasteiger partial charge is 0.257 e. The molecule has 0 saturated heterocycles. The summed E-state index contributed by atoms with van der Waals surface area (Å²) in [5.74, 6) is -0.274. The number of hydrogen-bond donors (Lipinski definition) is 2. The molecule has 1 heterocycles. The second-order valence-corrected chi connectivity index (χ2v) is 8.70. The van der Waals surface area contributed by atoms with E-state index < -0.39 is 0 Å². The summed E-state index contributed by atoms with van der Waals surface area (Å²) < 4.78 is 0.906. The molecule has 4 aromatic rings. The Morgan fingerprint density at radius 2 is 1.72 bits per heavy atom. The van der Waals surface area contributed by atoms with E-state index in [0.29, 0.717) is 5.56 Å². The van der Waals surface area contributed by atoms with Crippen LogP contribution in [-0.2, 0) is 6.42 Å². The van der Waals surface area contributed by atoms with E-state index >= 15 is 0 Å². The van der Waals surface area contributed by atoms with Crippen molar-refractivity contribution in [3.63, 3.8) is 0 Å². The molecule has 0 aliphatic rings. The molecule has 0 saturated carbocycles. The first-order valence-corrected chi connectivity index (χ1v) is 11.6. The highest BCUT2D eigenvalue weighted by molar-refractivity contribution is 9.10. The van der Waals surface area contributed by atoms with Crippen molar-refractivity contribution in [1.82, 2.24) is 20.3 Å². The van der Waals surface area contributed by atoms with Gasteiger partial charge in [-0.05, 0) is 85.2 Å². The average molecular weight is 508 g/mol. The first-order chi connectivity index (χ1) is 15.5. The molecule has 0 atom stereocenters. The number of anilines is 1. The van der Waals surface area contributed by atoms with Crippen LogP contribution >= 0.6 is 28.1 Å². The number of unbranched alkanes of at least 4 members (excludes halogenated alkanes) is 1. The Morgan fingerprint density at radius 3 is 2.44 bits per heavy atom. The monoisotopic (exact) mass is 507 g/mol. The number of thiocarbonyl (C=S) groups is 1. The molecule has 32 heavy (non-hydrogen) atoms. The lowest BCUT2D eigenvalue weighted by atomic mass is 10.1. The van der Waals surface area contributed by atoms with Gasteiger partial charge in [-0.2, -0.15) is 4.80 Å². The van der Waals surface area contributed by atoms with Gasteiger partial charge < -0.3 is 5.32 Å². The van der Waals surface area contributed by atoms with Crippen molar-refractivity contribution in [2.75, 3.05) is 5.32 Å². The summed E-state index contributed by atoms with van der Waals surface area (Å²) in [6.07, 6.45) is 3.45. The summed E-state index contributed by atoms with van der Waals surface area (Å²) >= 11 is 8.65. The fraction of sp³-hybridized carbons (Fsp3) is 0.167. The molecule has 0 spiro atoms. The normalized spacial score (nSPS) is 10.8. The van der Waals surface area contributed by atoms with Gasteiger partial charge in [-0.15, -0.1) is 10.2 Å². The van der Waals surface area contributed by atoms with Gasteiger partial charge in [0.2, 0.25) is 0 Å². The predicted octanol–water partition coefficient (Wildman–Crippen LogP) is 5.65. The van der Waals surface area contributed by atoms with Crippen molar-refractivity contribution in [1.29, 1.82) is 0 Å². The van der Waals surface area contributed by atoms with Crippen LogP contribution in [0.4, 0.5) is 5.69 Å². The Kier molecular flexibility index (Phi) is 6.92. The quantitative estimate of drug-likeness (QED) is 0.329. The number of halogens is 1. The van der Waals surface area contributed by atoms with Gasteiger partial charge in [0, 0.05) is 15.7 Å². The maximum Gasteiger partial charge on any atom is 0.257 e. The number of carbonyl (C=O) groups is 1. The van der Waals surface area contributed by atoms with Gasteiger partial charge in [-0.1, -0.05) is 41.4 Å². The van der Waals surface area contributed by atoms with E-state index in [1.54, 1.807) is 29.1 Å². The number of hydrogen-bond acceptors (Lipinski definition) is 4. The van der Waals surface area contributed by atoms with E-state index in [1.165, 1.54) is 18.4 Å². The number of nitrogens with zero attached hydrogens (tertiary/aromatic N) is 3. The lowest BCUT2D eigenvalue weighted by Gasteiger charge is -2.09. The minimum atomic E-state index is -0.274. The second-order valence-electron chi connectivity index (χ2n) is 7.38. The molecule has 6 nitrogen and oxygen atoms in total. The number of aryl methyl sites for hydroxylation is 1. The number of aromatic nitrogens is 3. The van der Waals surface area contributed by atoms with Gasteiger partial charge in [0.15, 0.2) is 5.11 Å². The standard InChI is InChI=1S/C24H22BrN5OS/c1-2-3-4-16-5-12-20(13-6-16)30-28-21-14-11-19(15-22(21)29-30)26-24(32)27-23(31)17-7-9-18(25)10-8-17/h5-15H,2-4H2,1H3,(H2,26,27,31,32). The van der Waals surface area contributed by atoms with Crippen LogP contribution in [0.25, 0.3) is 16.7 Å². The zero-order valence-corrected chi connectivity index (χ0v) is 19.9. The lowest BCUT2D eigenvalue weighted by molar-refractivity contribution is 0.0977. The van der Waals surface area contributed by atoms with Crippen molar-refractivity contribution in [3.05, 3.63) is 82.3 Å². The summed E-state index contributed by atoms with van der Waals surface area (Å²) in [7, 11) is 0. The number of benzene rings is 3. The van der Waals surface area contributed by atoms with Crippen LogP contribution < -0.4 is 10.6 Å². The predicted molar refractivity (Wildman–Crippen MR) is 135 cm³/mol. The van der Waals surface area contributed by atoms with Gasteiger partial charge in [-0.3, -0.25) is 10.1 Å². The van der Waals surface area contributed by atoms with Crippen LogP contribution in [0, 0.1) is 0 Å². The van der Waals surface area contributed by atoms with Crippen molar-refractivity contribution in [3.8, 4) is 5.69 Å². The second kappa shape index (κ2) is 10.0. The van der Waals surface area contributed by atoms with E-state index in [1.807, 2.05) is 30.3 Å². The summed E-state index contributed by atoms with van der Waals surface area (Å²) in [4.78, 5) is 14.0. The molecule has 0 aliphatic carbocycles. The van der Waals surface area contributed by atoms with Gasteiger partial charge >= 0.3 is 0 Å². The molecule has 1 amide bonds. The fourth-order valence-corrected chi connectivity index (χ4v) is 3.70. The molecule has 0 unspecified atom stereocenters. The highest BCUT2D eigenvalue weighted by Gasteiger charge is 2.10. The van der Waals surface area contributed by atoms with Crippen LogP contribution in [-0.4, -0.2) is 26.0 Å². The molecular formula is C24H22BrN5OS. The molecule has 1 aromatic heterocycles. The zero-order chi connectivity index (χ0) is 22.5. The number of fused-ring (bicyclic) bond motifs is 1. The molecule has 4 rings (SSSR count). The molecule has 0 fully saturated rings. The molecule has 8 heteroatoms. The van der Waals surface area contributed by atoms with Crippen molar-refractivity contribution >= 4 is 55.9 Å². The topological polar surface area (TPSA) is 71.8 Å². The van der Waals surface area contributed by atoms with Gasteiger partial charge in [0.1, 0.15) is 11.0 Å². The number of carbonyl (C=O) groups excluding carboxylic acids is 1. The third-order valence-electron chi connectivity index (χ3n) is 4.96. The first-order valence-electron chi connectivity index (χ1n) is 10.4. The van der Waals surface area contributed by atoms with Gasteiger partial charge in [0.05, 0.1) is 5.69 Å². The number of amides is 1. The summed E-state index contributed by atoms with van der Waals surface area (Å²) in [5.41, 5.74) is 4.98. The third kappa shape index (κ3) is 5.38. The maximum absolute atomic E-state index is 12.3. The molecular weight excluding hydrogens is 486 g/mol. The molecule has 0 radical (unpaired) electrons. The third-order valence-corrected chi connectivity index (χ3v) is 5.69. The molecule has 0 aliphatic heterocycles. The SMILES string of the molecule is CCCCc1ccc(-n2nc3ccc(NC(=S)NC(=O)c4ccc(Br)cc4)cc3n2)cc1. The lowest BCUT2D eigenvalue weighted by Crippen LogP contribution is -2.34. The minimum absolute atomic E-state index is 0.215. The summed E-state index contributed by atoms with van der Waals surface area (Å²) in [6.45, 7) is 2.19. The summed E-state index contributed by atoms with van der Waals surface area (Å²) in [6, 6.07) is 21.0. The Morgan fingerprint density at radius 1 is 1.00 bits per heavy atom. The van der Waals surface area contributed by atoms with E-state index in [0.717, 1.165) is 33.3 Å². The molecule has 3 aromatic carbocycles. The van der Waals surface area contributed by atoms with E-state index in [4.69, 9.17) is 12.2 Å². The van der Waals surface area contributed by atoms with Crippen LogP contribution in [0.3, 0.4) is 0 Å². The van der Waals surface area contributed by atoms with Crippen LogP contribution in [0.15, 0.2) is 71.2 Å². The molecule has 0 bridgehead atoms. The van der Waals surface area contributed by atoms with E-state index in [-0.39, 0.29) is 11.0 Å². The Hall–Kier alpha value is -3.10. The average Bonchev–Trinajstić information content (AvgIpc) is 3.21. The summed E-state index contributed by atoms with van der Waals surface area (Å²) in [5, 5.41) is 15.1. The largest absolute Gasteiger partial charge is 0.332 e. The Balaban J connectivity index is 1.44. The molecule has 162 valence electrons. The Bertz CT molecular complexity index is 1250. The zero-order valence-electron chi connectivity index (χ0n) is 17.5. The highest BCUT2D eigenvalue weighted by Crippen LogP contribution is 2.18. The van der Waals surface area contributed by atoms with Crippen molar-refractivity contribution in [2.24, 2.45) is 0 Å². The minimum Gasteiger partial charge on any atom is -0.332 e. The van der Waals surface area contributed by atoms with Crippen LogP contribution in [0.2, 0.25) is 0 Å². The van der Waals surface area contributed by atoms with Crippen molar-refractivity contribution in [2.45, 2.75) is 26.2 Å². The highest BCUT2D eigenvalue weighted by atomic mass is 79.9. The van der Waals surface area contributed by atoms with E-state index in [2.05, 4.69) is 55.8 Å². The first kappa shape index (κ1) is 22.1. The maximum atomic E-state index is 12.3. The number of rotatable bonds is 6. The van der Waals surface area contributed by atoms with Gasteiger partial charge in [-0.25, -0.2) is 0 Å². The molecule has 2 N–H and O–H groups in total. The number of nitrogens with one attached hydrogen (secondary N) is 2. The van der Waals surface area contributed by atoms with E-state index in [9.17, 15) is 4.79 Å².